The molecule has 1 aliphatic rings. The number of carbonyl (C=O) groups is 1. The lowest BCUT2D eigenvalue weighted by molar-refractivity contribution is -0.113. The second kappa shape index (κ2) is 5.35. The fourth-order valence-electron chi connectivity index (χ4n) is 1.78. The van der Waals surface area contributed by atoms with Crippen molar-refractivity contribution in [3.05, 3.63) is 0 Å². The lowest BCUT2D eigenvalue weighted by atomic mass is 10.0. The first-order valence-corrected chi connectivity index (χ1v) is 5.08. The van der Waals surface area contributed by atoms with Gasteiger partial charge < -0.3 is 9.69 Å². The van der Waals surface area contributed by atoms with Crippen LogP contribution in [0, 0.1) is 0 Å². The highest BCUT2D eigenvalue weighted by atomic mass is 16.1. The van der Waals surface area contributed by atoms with Crippen LogP contribution < -0.4 is 0 Å². The Morgan fingerprint density at radius 2 is 2.23 bits per heavy atom. The van der Waals surface area contributed by atoms with Gasteiger partial charge in [-0.25, -0.2) is 0 Å². The van der Waals surface area contributed by atoms with E-state index in [1.54, 1.807) is 0 Å². The van der Waals surface area contributed by atoms with Crippen molar-refractivity contribution in [2.75, 3.05) is 33.7 Å². The molecule has 3 nitrogen and oxygen atoms in total. The summed E-state index contributed by atoms with van der Waals surface area (Å²) in [5.74, 6) is 0. The summed E-state index contributed by atoms with van der Waals surface area (Å²) in [6.07, 6.45) is 4.62. The minimum atomic E-state index is 0.189. The van der Waals surface area contributed by atoms with E-state index in [4.69, 9.17) is 0 Å². The third kappa shape index (κ3) is 3.44. The van der Waals surface area contributed by atoms with Gasteiger partial charge in [-0.1, -0.05) is 6.42 Å². The van der Waals surface area contributed by atoms with Crippen molar-refractivity contribution < 1.29 is 4.79 Å². The van der Waals surface area contributed by atoms with Gasteiger partial charge in [0.15, 0.2) is 0 Å². The van der Waals surface area contributed by atoms with E-state index in [9.17, 15) is 4.79 Å². The zero-order valence-electron chi connectivity index (χ0n) is 8.70. The average Bonchev–Trinajstić information content (AvgIpc) is 2.15. The van der Waals surface area contributed by atoms with Crippen LogP contribution in [0.2, 0.25) is 0 Å². The SMILES string of the molecule is CN(C)CCN1CCCCC1C=O. The molecule has 3 heteroatoms. The number of carbonyl (C=O) groups excluding carboxylic acids is 1. The van der Waals surface area contributed by atoms with Crippen LogP contribution in [0.4, 0.5) is 0 Å². The minimum Gasteiger partial charge on any atom is -0.308 e. The first kappa shape index (κ1) is 10.7. The molecule has 0 radical (unpaired) electrons. The monoisotopic (exact) mass is 184 g/mol. The number of hydrogen-bond donors (Lipinski definition) is 0. The quantitative estimate of drug-likeness (QED) is 0.598. The summed E-state index contributed by atoms with van der Waals surface area (Å²) >= 11 is 0. The predicted octanol–water partition coefficient (Wildman–Crippen LogP) is 0.601. The molecule has 1 fully saturated rings. The lowest BCUT2D eigenvalue weighted by Gasteiger charge is -2.32. The molecule has 1 saturated heterocycles. The maximum atomic E-state index is 10.8. The molecule has 1 unspecified atom stereocenters. The number of likely N-dealkylation sites (N-methyl/N-ethyl adjacent to an activating group) is 1. The summed E-state index contributed by atoms with van der Waals surface area (Å²) in [6, 6.07) is 0.189. The highest BCUT2D eigenvalue weighted by Crippen LogP contribution is 2.14. The fourth-order valence-corrected chi connectivity index (χ4v) is 1.78. The van der Waals surface area contributed by atoms with Gasteiger partial charge in [0.25, 0.3) is 0 Å². The van der Waals surface area contributed by atoms with Gasteiger partial charge in [0, 0.05) is 13.1 Å². The third-order valence-electron chi connectivity index (χ3n) is 2.66. The van der Waals surface area contributed by atoms with Gasteiger partial charge in [0.1, 0.15) is 6.29 Å². The Labute approximate surface area is 80.7 Å². The van der Waals surface area contributed by atoms with Crippen LogP contribution in [0.5, 0.6) is 0 Å². The van der Waals surface area contributed by atoms with Gasteiger partial charge in [-0.3, -0.25) is 4.90 Å². The summed E-state index contributed by atoms with van der Waals surface area (Å²) in [6.45, 7) is 3.16. The van der Waals surface area contributed by atoms with Gasteiger partial charge in [0.2, 0.25) is 0 Å². The molecule has 0 spiro atoms. The molecule has 0 aromatic carbocycles. The molecular weight excluding hydrogens is 164 g/mol. The standard InChI is InChI=1S/C10H20N2O/c1-11(2)7-8-12-6-4-3-5-10(12)9-13/h9-10H,3-8H2,1-2H3. The average molecular weight is 184 g/mol. The van der Waals surface area contributed by atoms with Crippen molar-refractivity contribution >= 4 is 6.29 Å². The molecular formula is C10H20N2O. The van der Waals surface area contributed by atoms with Crippen LogP contribution in [0.25, 0.3) is 0 Å². The van der Waals surface area contributed by atoms with Crippen LogP contribution >= 0.6 is 0 Å². The topological polar surface area (TPSA) is 23.6 Å². The first-order valence-electron chi connectivity index (χ1n) is 5.08. The van der Waals surface area contributed by atoms with E-state index < -0.39 is 0 Å². The second-order valence-corrected chi connectivity index (χ2v) is 4.04. The summed E-state index contributed by atoms with van der Waals surface area (Å²) in [4.78, 5) is 15.2. The highest BCUT2D eigenvalue weighted by Gasteiger charge is 2.20. The first-order chi connectivity index (χ1) is 6.24. The van der Waals surface area contributed by atoms with E-state index >= 15 is 0 Å². The zero-order valence-corrected chi connectivity index (χ0v) is 8.70. The highest BCUT2D eigenvalue weighted by molar-refractivity contribution is 5.57. The minimum absolute atomic E-state index is 0.189. The van der Waals surface area contributed by atoms with Crippen molar-refractivity contribution in [1.29, 1.82) is 0 Å². The van der Waals surface area contributed by atoms with E-state index in [-0.39, 0.29) is 6.04 Å². The molecule has 13 heavy (non-hydrogen) atoms. The Morgan fingerprint density at radius 1 is 1.46 bits per heavy atom. The van der Waals surface area contributed by atoms with Gasteiger partial charge in [-0.2, -0.15) is 0 Å². The molecule has 1 rings (SSSR count). The number of hydrogen-bond acceptors (Lipinski definition) is 3. The smallest absolute Gasteiger partial charge is 0.137 e. The Kier molecular flexibility index (Phi) is 4.39. The number of likely N-dealkylation sites (tertiary alicyclic amines) is 1. The Bertz CT molecular complexity index is 159. The molecule has 1 heterocycles. The Morgan fingerprint density at radius 3 is 2.85 bits per heavy atom. The van der Waals surface area contributed by atoms with E-state index in [2.05, 4.69) is 23.9 Å². The zero-order chi connectivity index (χ0) is 9.68. The van der Waals surface area contributed by atoms with Gasteiger partial charge in [-0.05, 0) is 33.5 Å². The normalized spacial score (nSPS) is 25.0. The van der Waals surface area contributed by atoms with Crippen LogP contribution in [0.1, 0.15) is 19.3 Å². The van der Waals surface area contributed by atoms with Gasteiger partial charge in [-0.15, -0.1) is 0 Å². The lowest BCUT2D eigenvalue weighted by Crippen LogP contribution is -2.43. The summed E-state index contributed by atoms with van der Waals surface area (Å²) in [7, 11) is 4.14. The van der Waals surface area contributed by atoms with Crippen molar-refractivity contribution in [3.8, 4) is 0 Å². The maximum Gasteiger partial charge on any atom is 0.137 e. The van der Waals surface area contributed by atoms with Gasteiger partial charge >= 0.3 is 0 Å². The van der Waals surface area contributed by atoms with Crippen LogP contribution in [-0.2, 0) is 4.79 Å². The number of rotatable bonds is 4. The van der Waals surface area contributed by atoms with Crippen molar-refractivity contribution in [2.45, 2.75) is 25.3 Å². The Balaban J connectivity index is 2.31. The van der Waals surface area contributed by atoms with Crippen LogP contribution in [-0.4, -0.2) is 55.9 Å². The van der Waals surface area contributed by atoms with Crippen LogP contribution in [0.3, 0.4) is 0 Å². The molecule has 0 bridgehead atoms. The molecule has 0 amide bonds. The predicted molar refractivity (Wildman–Crippen MR) is 53.8 cm³/mol. The maximum absolute atomic E-state index is 10.8. The summed E-state index contributed by atoms with van der Waals surface area (Å²) in [5, 5.41) is 0. The van der Waals surface area contributed by atoms with E-state index in [0.717, 1.165) is 32.3 Å². The molecule has 0 saturated carbocycles. The van der Waals surface area contributed by atoms with Gasteiger partial charge in [0.05, 0.1) is 6.04 Å². The Hall–Kier alpha value is -0.410. The molecule has 1 atom stereocenters. The molecule has 0 aromatic heterocycles. The number of piperidine rings is 1. The van der Waals surface area contributed by atoms with Crippen molar-refractivity contribution in [3.63, 3.8) is 0 Å². The van der Waals surface area contributed by atoms with E-state index in [0.29, 0.717) is 0 Å². The van der Waals surface area contributed by atoms with Crippen molar-refractivity contribution in [2.24, 2.45) is 0 Å². The molecule has 1 aliphatic heterocycles. The van der Waals surface area contributed by atoms with E-state index in [1.165, 1.54) is 12.8 Å². The summed E-state index contributed by atoms with van der Waals surface area (Å²) < 4.78 is 0. The number of aldehydes is 1. The molecule has 76 valence electrons. The largest absolute Gasteiger partial charge is 0.308 e. The van der Waals surface area contributed by atoms with Crippen LogP contribution in [0.15, 0.2) is 0 Å². The second-order valence-electron chi connectivity index (χ2n) is 4.04. The third-order valence-corrected chi connectivity index (χ3v) is 2.66. The van der Waals surface area contributed by atoms with E-state index in [1.807, 2.05) is 0 Å². The molecule has 0 aromatic rings. The molecule has 0 aliphatic carbocycles. The fraction of sp³-hybridized carbons (Fsp3) is 0.900. The molecule has 0 N–H and O–H groups in total. The van der Waals surface area contributed by atoms with Crippen molar-refractivity contribution in [1.82, 2.24) is 9.80 Å². The number of nitrogens with zero attached hydrogens (tertiary/aromatic N) is 2. The summed E-state index contributed by atoms with van der Waals surface area (Å²) in [5.41, 5.74) is 0.